The van der Waals surface area contributed by atoms with Gasteiger partial charge in [0.15, 0.2) is 0 Å². The molecule has 1 heterocycles. The summed E-state index contributed by atoms with van der Waals surface area (Å²) in [6.07, 6.45) is 0.457. The maximum atomic E-state index is 12.3. The van der Waals surface area contributed by atoms with Gasteiger partial charge in [0.25, 0.3) is 0 Å². The minimum atomic E-state index is -3.54. The first-order valence-electron chi connectivity index (χ1n) is 7.45. The molecular formula is C17H18N2O3S. The number of hydrogen-bond donors (Lipinski definition) is 2. The lowest BCUT2D eigenvalue weighted by Crippen LogP contribution is -2.23. The number of hydrogen-bond acceptors (Lipinski definition) is 3. The van der Waals surface area contributed by atoms with Gasteiger partial charge in [-0.05, 0) is 23.3 Å². The molecule has 6 heteroatoms. The van der Waals surface area contributed by atoms with Crippen molar-refractivity contribution >= 4 is 15.9 Å². The van der Waals surface area contributed by atoms with E-state index in [-0.39, 0.29) is 23.3 Å². The average molecular weight is 330 g/mol. The van der Waals surface area contributed by atoms with Crippen LogP contribution in [0.4, 0.5) is 0 Å². The molecule has 2 N–H and O–H groups in total. The van der Waals surface area contributed by atoms with Gasteiger partial charge in [0, 0.05) is 25.4 Å². The maximum Gasteiger partial charge on any atom is 0.240 e. The van der Waals surface area contributed by atoms with Gasteiger partial charge in [0.2, 0.25) is 15.9 Å². The Balaban J connectivity index is 1.69. The topological polar surface area (TPSA) is 75.3 Å². The van der Waals surface area contributed by atoms with Gasteiger partial charge in [-0.1, -0.05) is 42.5 Å². The minimum Gasteiger partial charge on any atom is -0.355 e. The van der Waals surface area contributed by atoms with Crippen molar-refractivity contribution < 1.29 is 13.2 Å². The largest absolute Gasteiger partial charge is 0.355 e. The summed E-state index contributed by atoms with van der Waals surface area (Å²) in [7, 11) is -3.54. The molecular weight excluding hydrogens is 312 g/mol. The van der Waals surface area contributed by atoms with Gasteiger partial charge in [-0.25, -0.2) is 13.1 Å². The van der Waals surface area contributed by atoms with Crippen LogP contribution < -0.4 is 10.0 Å². The molecule has 0 aromatic heterocycles. The molecule has 3 rings (SSSR count). The van der Waals surface area contributed by atoms with Crippen LogP contribution in [-0.4, -0.2) is 20.9 Å². The van der Waals surface area contributed by atoms with Crippen LogP contribution in [0.3, 0.4) is 0 Å². The Morgan fingerprint density at radius 2 is 1.74 bits per heavy atom. The van der Waals surface area contributed by atoms with Crippen LogP contribution in [0.2, 0.25) is 0 Å². The van der Waals surface area contributed by atoms with Crippen LogP contribution in [0.25, 0.3) is 0 Å². The van der Waals surface area contributed by atoms with E-state index < -0.39 is 10.0 Å². The van der Waals surface area contributed by atoms with E-state index in [0.29, 0.717) is 13.0 Å². The number of benzene rings is 2. The molecule has 1 aliphatic rings. The molecule has 2 aromatic rings. The zero-order valence-corrected chi connectivity index (χ0v) is 13.3. The fourth-order valence-corrected chi connectivity index (χ4v) is 3.64. The number of sulfonamides is 1. The summed E-state index contributed by atoms with van der Waals surface area (Å²) in [6.45, 7) is 0.864. The highest BCUT2D eigenvalue weighted by molar-refractivity contribution is 7.89. The van der Waals surface area contributed by atoms with Crippen LogP contribution in [0.1, 0.15) is 23.5 Å². The van der Waals surface area contributed by atoms with Gasteiger partial charge in [-0.2, -0.15) is 0 Å². The number of rotatable bonds is 5. The van der Waals surface area contributed by atoms with Crippen molar-refractivity contribution in [2.24, 2.45) is 0 Å². The zero-order chi connectivity index (χ0) is 16.3. The van der Waals surface area contributed by atoms with Crippen molar-refractivity contribution in [1.82, 2.24) is 10.0 Å². The second-order valence-electron chi connectivity index (χ2n) is 5.58. The Kier molecular flexibility index (Phi) is 4.45. The van der Waals surface area contributed by atoms with Crippen LogP contribution in [-0.2, 0) is 21.4 Å². The summed E-state index contributed by atoms with van der Waals surface area (Å²) in [4.78, 5) is 11.5. The molecule has 0 bridgehead atoms. The third kappa shape index (κ3) is 3.78. The van der Waals surface area contributed by atoms with E-state index in [1.54, 1.807) is 24.3 Å². The molecule has 0 spiro atoms. The van der Waals surface area contributed by atoms with Gasteiger partial charge in [0.05, 0.1) is 4.90 Å². The molecule has 2 aromatic carbocycles. The molecule has 23 heavy (non-hydrogen) atoms. The van der Waals surface area contributed by atoms with E-state index in [4.69, 9.17) is 0 Å². The zero-order valence-electron chi connectivity index (χ0n) is 12.5. The molecule has 1 amide bonds. The summed E-state index contributed by atoms with van der Waals surface area (Å²) < 4.78 is 27.2. The lowest BCUT2D eigenvalue weighted by Gasteiger charge is -2.10. The Hall–Kier alpha value is -2.18. The van der Waals surface area contributed by atoms with Gasteiger partial charge in [-0.15, -0.1) is 0 Å². The second-order valence-corrected chi connectivity index (χ2v) is 7.35. The van der Waals surface area contributed by atoms with Gasteiger partial charge in [0.1, 0.15) is 0 Å². The predicted octanol–water partition coefficient (Wildman–Crippen LogP) is 1.77. The first-order chi connectivity index (χ1) is 11.0. The molecule has 0 saturated carbocycles. The molecule has 5 nitrogen and oxygen atoms in total. The van der Waals surface area contributed by atoms with E-state index >= 15 is 0 Å². The van der Waals surface area contributed by atoms with Crippen LogP contribution >= 0.6 is 0 Å². The summed E-state index contributed by atoms with van der Waals surface area (Å²) in [5, 5.41) is 2.78. The highest BCUT2D eigenvalue weighted by atomic mass is 32.2. The summed E-state index contributed by atoms with van der Waals surface area (Å²) >= 11 is 0. The Bertz CT molecular complexity index is 786. The Labute approximate surface area is 135 Å². The third-order valence-corrected chi connectivity index (χ3v) is 5.37. The van der Waals surface area contributed by atoms with Crippen molar-refractivity contribution in [1.29, 1.82) is 0 Å². The number of nitrogens with one attached hydrogen (secondary N) is 2. The van der Waals surface area contributed by atoms with Crippen molar-refractivity contribution in [3.63, 3.8) is 0 Å². The van der Waals surface area contributed by atoms with E-state index in [1.807, 2.05) is 30.3 Å². The summed E-state index contributed by atoms with van der Waals surface area (Å²) in [5.41, 5.74) is 1.88. The highest BCUT2D eigenvalue weighted by Crippen LogP contribution is 2.24. The quantitative estimate of drug-likeness (QED) is 0.877. The molecule has 1 fully saturated rings. The van der Waals surface area contributed by atoms with Crippen molar-refractivity contribution in [3.8, 4) is 0 Å². The molecule has 120 valence electrons. The van der Waals surface area contributed by atoms with E-state index in [2.05, 4.69) is 10.0 Å². The summed E-state index contributed by atoms with van der Waals surface area (Å²) in [6, 6.07) is 16.1. The fraction of sp³-hybridized carbons (Fsp3) is 0.235. The SMILES string of the molecule is O=C1C[C@@H](c2ccc(S(=O)(=O)NCc3ccccc3)cc2)CN1. The predicted molar refractivity (Wildman–Crippen MR) is 87.3 cm³/mol. The maximum absolute atomic E-state index is 12.3. The van der Waals surface area contributed by atoms with Crippen LogP contribution in [0.15, 0.2) is 59.5 Å². The van der Waals surface area contributed by atoms with Crippen molar-refractivity contribution in [2.75, 3.05) is 6.54 Å². The Morgan fingerprint density at radius 3 is 2.35 bits per heavy atom. The first kappa shape index (κ1) is 15.7. The minimum absolute atomic E-state index is 0.0382. The van der Waals surface area contributed by atoms with Crippen molar-refractivity contribution in [2.45, 2.75) is 23.8 Å². The monoisotopic (exact) mass is 330 g/mol. The van der Waals surface area contributed by atoms with Crippen LogP contribution in [0, 0.1) is 0 Å². The summed E-state index contributed by atoms with van der Waals surface area (Å²) in [5.74, 6) is 0.160. The van der Waals surface area contributed by atoms with Crippen molar-refractivity contribution in [3.05, 3.63) is 65.7 Å². The second kappa shape index (κ2) is 6.52. The molecule has 1 saturated heterocycles. The highest BCUT2D eigenvalue weighted by Gasteiger charge is 2.23. The number of carbonyl (C=O) groups is 1. The van der Waals surface area contributed by atoms with Gasteiger partial charge in [-0.3, -0.25) is 4.79 Å². The molecule has 0 unspecified atom stereocenters. The van der Waals surface area contributed by atoms with Gasteiger partial charge >= 0.3 is 0 Å². The average Bonchev–Trinajstić information content (AvgIpc) is 3.01. The lowest BCUT2D eigenvalue weighted by molar-refractivity contribution is -0.119. The molecule has 1 atom stereocenters. The normalized spacial score (nSPS) is 17.9. The fourth-order valence-electron chi connectivity index (χ4n) is 2.62. The van der Waals surface area contributed by atoms with Gasteiger partial charge < -0.3 is 5.32 Å². The Morgan fingerprint density at radius 1 is 1.04 bits per heavy atom. The molecule has 0 aliphatic carbocycles. The first-order valence-corrected chi connectivity index (χ1v) is 8.93. The van der Waals surface area contributed by atoms with E-state index in [1.165, 1.54) is 0 Å². The number of amides is 1. The third-order valence-electron chi connectivity index (χ3n) is 3.95. The van der Waals surface area contributed by atoms with E-state index in [0.717, 1.165) is 11.1 Å². The standard InChI is InChI=1S/C17H18N2O3S/c20-17-10-15(12-18-17)14-6-8-16(9-7-14)23(21,22)19-11-13-4-2-1-3-5-13/h1-9,15,19H,10-12H2,(H,18,20)/t15-/m1/s1. The molecule has 0 radical (unpaired) electrons. The van der Waals surface area contributed by atoms with Crippen LogP contribution in [0.5, 0.6) is 0 Å². The number of carbonyl (C=O) groups excluding carboxylic acids is 1. The lowest BCUT2D eigenvalue weighted by atomic mass is 9.99. The van der Waals surface area contributed by atoms with E-state index in [9.17, 15) is 13.2 Å². The smallest absolute Gasteiger partial charge is 0.240 e. The molecule has 1 aliphatic heterocycles.